The van der Waals surface area contributed by atoms with Gasteiger partial charge in [-0.25, -0.2) is 0 Å². The van der Waals surface area contributed by atoms with Crippen LogP contribution in [-0.4, -0.2) is 6.67 Å². The molecule has 0 atom stereocenters. The minimum absolute atomic E-state index is 0.213. The lowest BCUT2D eigenvalue weighted by molar-refractivity contribution is 0.141. The Morgan fingerprint density at radius 3 is 1.90 bits per heavy atom. The lowest BCUT2D eigenvalue weighted by Gasteiger charge is -2.38. The number of unbranched alkanes of at least 4 members (excludes halogenated alkanes) is 1. The summed E-state index contributed by atoms with van der Waals surface area (Å²) in [6.45, 7) is 1.96. The molecule has 0 saturated heterocycles. The number of rotatable bonds is 10. The lowest BCUT2D eigenvalue weighted by Crippen LogP contribution is -2.26. The van der Waals surface area contributed by atoms with Crippen LogP contribution in [0, 0.1) is 30.6 Å². The van der Waals surface area contributed by atoms with Crippen molar-refractivity contribution in [3.05, 3.63) is 47.5 Å². The van der Waals surface area contributed by atoms with E-state index in [1.807, 2.05) is 6.08 Å². The maximum absolute atomic E-state index is 12.1. The Bertz CT molecular complexity index is 571. The molecule has 2 saturated carbocycles. The molecule has 0 heterocycles. The van der Waals surface area contributed by atoms with Crippen LogP contribution in [0.15, 0.2) is 36.4 Å². The van der Waals surface area contributed by atoms with Crippen molar-refractivity contribution in [2.45, 2.75) is 96.8 Å². The van der Waals surface area contributed by atoms with E-state index in [9.17, 15) is 4.39 Å². The molecule has 1 aromatic rings. The maximum Gasteiger partial charge on any atom is 0.0928 e. The fourth-order valence-electron chi connectivity index (χ4n) is 5.85. The van der Waals surface area contributed by atoms with E-state index in [-0.39, 0.29) is 6.67 Å². The first-order chi connectivity index (χ1) is 14.2. The van der Waals surface area contributed by atoms with Crippen molar-refractivity contribution in [1.82, 2.24) is 0 Å². The molecule has 0 amide bonds. The van der Waals surface area contributed by atoms with Crippen LogP contribution in [0.25, 0.3) is 0 Å². The van der Waals surface area contributed by atoms with Crippen molar-refractivity contribution in [1.29, 1.82) is 0 Å². The fraction of sp³-hybridized carbons (Fsp3) is 0.714. The normalized spacial score (nSPS) is 28.1. The summed E-state index contributed by atoms with van der Waals surface area (Å²) in [5.41, 5.74) is 2.89. The third kappa shape index (κ3) is 7.91. The summed E-state index contributed by atoms with van der Waals surface area (Å²) in [7, 11) is 0. The van der Waals surface area contributed by atoms with Gasteiger partial charge in [0.25, 0.3) is 0 Å². The molecule has 0 aromatic heterocycles. The molecule has 0 unspecified atom stereocenters. The van der Waals surface area contributed by atoms with Gasteiger partial charge < -0.3 is 0 Å². The second-order valence-corrected chi connectivity index (χ2v) is 9.97. The molecule has 0 bridgehead atoms. The second kappa shape index (κ2) is 12.6. The highest BCUT2D eigenvalue weighted by Crippen LogP contribution is 2.43. The molecule has 1 heteroatoms. The second-order valence-electron chi connectivity index (χ2n) is 9.97. The quantitative estimate of drug-likeness (QED) is 0.273. The van der Waals surface area contributed by atoms with Gasteiger partial charge in [0.05, 0.1) is 6.67 Å². The minimum atomic E-state index is -0.213. The summed E-state index contributed by atoms with van der Waals surface area (Å²) in [5, 5.41) is 0. The maximum atomic E-state index is 12.1. The molecule has 0 radical (unpaired) electrons. The Morgan fingerprint density at radius 2 is 1.31 bits per heavy atom. The molecule has 0 spiro atoms. The number of hydrogen-bond acceptors (Lipinski definition) is 0. The van der Waals surface area contributed by atoms with Gasteiger partial charge in [-0.3, -0.25) is 4.39 Å². The first-order valence-electron chi connectivity index (χ1n) is 12.5. The van der Waals surface area contributed by atoms with E-state index in [2.05, 4.69) is 37.3 Å². The van der Waals surface area contributed by atoms with Crippen LogP contribution in [-0.2, 0) is 6.42 Å². The van der Waals surface area contributed by atoms with Crippen molar-refractivity contribution in [3.63, 3.8) is 0 Å². The molecule has 2 fully saturated rings. The van der Waals surface area contributed by atoms with Gasteiger partial charge in [0.15, 0.2) is 0 Å². The molecule has 2 aliphatic rings. The standard InChI is InChI=1S/C28H43F/c1-23-8-10-25(11-9-23)12-13-26-16-20-28(21-17-26)27-18-14-24(15-19-27)7-5-3-2-4-6-22-29/h2,4,8-11,24,26-28H,3,5-7,12-22H2,1H3/t24-,26-,27-,28-. The largest absolute Gasteiger partial charge is 0.251 e. The topological polar surface area (TPSA) is 0 Å². The van der Waals surface area contributed by atoms with E-state index < -0.39 is 0 Å². The average molecular weight is 399 g/mol. The summed E-state index contributed by atoms with van der Waals surface area (Å²) in [4.78, 5) is 0. The van der Waals surface area contributed by atoms with Crippen molar-refractivity contribution in [3.8, 4) is 0 Å². The monoisotopic (exact) mass is 398 g/mol. The Hall–Kier alpha value is -1.11. The summed E-state index contributed by atoms with van der Waals surface area (Å²) in [6.07, 6.45) is 23.1. The van der Waals surface area contributed by atoms with E-state index in [0.29, 0.717) is 6.42 Å². The van der Waals surface area contributed by atoms with Crippen LogP contribution >= 0.6 is 0 Å². The van der Waals surface area contributed by atoms with E-state index in [1.165, 1.54) is 88.2 Å². The van der Waals surface area contributed by atoms with Crippen LogP contribution in [0.5, 0.6) is 0 Å². The molecule has 3 rings (SSSR count). The molecule has 1 aromatic carbocycles. The number of halogens is 1. The summed E-state index contributed by atoms with van der Waals surface area (Å²) < 4.78 is 12.1. The summed E-state index contributed by atoms with van der Waals surface area (Å²) in [5.74, 6) is 3.98. The van der Waals surface area contributed by atoms with E-state index in [0.717, 1.165) is 30.1 Å². The number of benzene rings is 1. The SMILES string of the molecule is Cc1ccc(CC[C@H]2CC[C@H]([C@H]3CC[C@H](CCCC=CCCF)CC3)CC2)cc1. The highest BCUT2D eigenvalue weighted by molar-refractivity contribution is 5.21. The lowest BCUT2D eigenvalue weighted by atomic mass is 9.68. The average Bonchev–Trinajstić information content (AvgIpc) is 2.77. The van der Waals surface area contributed by atoms with Gasteiger partial charge >= 0.3 is 0 Å². The van der Waals surface area contributed by atoms with Crippen LogP contribution in [0.2, 0.25) is 0 Å². The van der Waals surface area contributed by atoms with Crippen molar-refractivity contribution >= 4 is 0 Å². The first kappa shape index (κ1) is 22.6. The molecule has 0 N–H and O–H groups in total. The zero-order valence-electron chi connectivity index (χ0n) is 18.8. The Labute approximate surface area is 179 Å². The van der Waals surface area contributed by atoms with Gasteiger partial charge in [0.1, 0.15) is 0 Å². The number of alkyl halides is 1. The predicted octanol–water partition coefficient (Wildman–Crippen LogP) is 8.63. The van der Waals surface area contributed by atoms with Crippen molar-refractivity contribution < 1.29 is 4.39 Å². The van der Waals surface area contributed by atoms with Crippen LogP contribution in [0.3, 0.4) is 0 Å². The molecule has 0 nitrogen and oxygen atoms in total. The van der Waals surface area contributed by atoms with E-state index in [1.54, 1.807) is 0 Å². The van der Waals surface area contributed by atoms with E-state index in [4.69, 9.17) is 0 Å². The smallest absolute Gasteiger partial charge is 0.0928 e. The number of hydrogen-bond donors (Lipinski definition) is 0. The molecule has 29 heavy (non-hydrogen) atoms. The predicted molar refractivity (Wildman–Crippen MR) is 124 cm³/mol. The summed E-state index contributed by atoms with van der Waals surface area (Å²) in [6, 6.07) is 9.15. The van der Waals surface area contributed by atoms with Crippen LogP contribution in [0.1, 0.15) is 94.6 Å². The Kier molecular flexibility index (Phi) is 9.77. The fourth-order valence-corrected chi connectivity index (χ4v) is 5.85. The van der Waals surface area contributed by atoms with Gasteiger partial charge in [-0.1, -0.05) is 74.1 Å². The highest BCUT2D eigenvalue weighted by atomic mass is 19.1. The van der Waals surface area contributed by atoms with Crippen LogP contribution in [0.4, 0.5) is 4.39 Å². The van der Waals surface area contributed by atoms with Gasteiger partial charge in [-0.15, -0.1) is 0 Å². The summed E-state index contributed by atoms with van der Waals surface area (Å²) >= 11 is 0. The van der Waals surface area contributed by atoms with Gasteiger partial charge in [0.2, 0.25) is 0 Å². The van der Waals surface area contributed by atoms with Gasteiger partial charge in [-0.2, -0.15) is 0 Å². The zero-order valence-corrected chi connectivity index (χ0v) is 18.8. The highest BCUT2D eigenvalue weighted by Gasteiger charge is 2.30. The zero-order chi connectivity index (χ0) is 20.3. The molecule has 162 valence electrons. The van der Waals surface area contributed by atoms with Crippen molar-refractivity contribution in [2.24, 2.45) is 23.7 Å². The number of allylic oxidation sites excluding steroid dienone is 2. The third-order valence-corrected chi connectivity index (χ3v) is 7.84. The Balaban J connectivity index is 1.27. The Morgan fingerprint density at radius 1 is 0.759 bits per heavy atom. The van der Waals surface area contributed by atoms with Gasteiger partial charge in [-0.05, 0) is 93.9 Å². The molecular formula is C28H43F. The molecular weight excluding hydrogens is 355 g/mol. The van der Waals surface area contributed by atoms with E-state index >= 15 is 0 Å². The number of aryl methyl sites for hydroxylation is 2. The van der Waals surface area contributed by atoms with Crippen LogP contribution < -0.4 is 0 Å². The third-order valence-electron chi connectivity index (χ3n) is 7.84. The molecule has 2 aliphatic carbocycles. The minimum Gasteiger partial charge on any atom is -0.251 e. The van der Waals surface area contributed by atoms with Crippen molar-refractivity contribution in [2.75, 3.05) is 6.67 Å². The first-order valence-corrected chi connectivity index (χ1v) is 12.5. The molecule has 0 aliphatic heterocycles. The van der Waals surface area contributed by atoms with Gasteiger partial charge in [0, 0.05) is 0 Å².